The SMILES string of the molecule is CNC(=O)CCN(C)C(=O)C1CC(=O)N(c2cccc(C)c2C)C1. The van der Waals surface area contributed by atoms with Crippen molar-refractivity contribution in [1.82, 2.24) is 10.2 Å². The van der Waals surface area contributed by atoms with Crippen molar-refractivity contribution < 1.29 is 14.4 Å². The van der Waals surface area contributed by atoms with Gasteiger partial charge in [0.25, 0.3) is 0 Å². The second kappa shape index (κ2) is 7.47. The highest BCUT2D eigenvalue weighted by atomic mass is 16.2. The van der Waals surface area contributed by atoms with E-state index in [1.807, 2.05) is 32.0 Å². The van der Waals surface area contributed by atoms with Crippen LogP contribution < -0.4 is 10.2 Å². The van der Waals surface area contributed by atoms with Gasteiger partial charge in [-0.05, 0) is 31.0 Å². The normalized spacial score (nSPS) is 17.1. The van der Waals surface area contributed by atoms with Crippen LogP contribution in [0, 0.1) is 19.8 Å². The molecule has 1 fully saturated rings. The van der Waals surface area contributed by atoms with Crippen LogP contribution in [0.5, 0.6) is 0 Å². The maximum atomic E-state index is 12.5. The molecule has 6 heteroatoms. The molecule has 0 spiro atoms. The van der Waals surface area contributed by atoms with Crippen molar-refractivity contribution in [3.8, 4) is 0 Å². The van der Waals surface area contributed by atoms with E-state index in [4.69, 9.17) is 0 Å². The van der Waals surface area contributed by atoms with E-state index in [0.717, 1.165) is 16.8 Å². The Morgan fingerprint density at radius 1 is 1.33 bits per heavy atom. The monoisotopic (exact) mass is 331 g/mol. The van der Waals surface area contributed by atoms with Gasteiger partial charge in [0, 0.05) is 45.7 Å². The molecule has 6 nitrogen and oxygen atoms in total. The lowest BCUT2D eigenvalue weighted by Crippen LogP contribution is -2.37. The van der Waals surface area contributed by atoms with Gasteiger partial charge in [-0.3, -0.25) is 14.4 Å². The average molecular weight is 331 g/mol. The second-order valence-electron chi connectivity index (χ2n) is 6.31. The molecule has 1 atom stereocenters. The minimum Gasteiger partial charge on any atom is -0.359 e. The summed E-state index contributed by atoms with van der Waals surface area (Å²) in [5.74, 6) is -0.567. The number of nitrogens with zero attached hydrogens (tertiary/aromatic N) is 2. The van der Waals surface area contributed by atoms with E-state index < -0.39 is 0 Å². The molecular formula is C18H25N3O3. The molecule has 1 unspecified atom stereocenters. The van der Waals surface area contributed by atoms with Crippen LogP contribution in [0.25, 0.3) is 0 Å². The summed E-state index contributed by atoms with van der Waals surface area (Å²) in [5, 5.41) is 2.54. The largest absolute Gasteiger partial charge is 0.359 e. The van der Waals surface area contributed by atoms with E-state index >= 15 is 0 Å². The van der Waals surface area contributed by atoms with Gasteiger partial charge in [-0.25, -0.2) is 0 Å². The van der Waals surface area contributed by atoms with E-state index in [1.165, 1.54) is 0 Å². The number of benzene rings is 1. The third kappa shape index (κ3) is 3.75. The first-order valence-electron chi connectivity index (χ1n) is 8.17. The summed E-state index contributed by atoms with van der Waals surface area (Å²) in [6.45, 7) is 4.75. The molecule has 1 heterocycles. The summed E-state index contributed by atoms with van der Waals surface area (Å²) in [5.41, 5.74) is 3.06. The zero-order chi connectivity index (χ0) is 17.9. The van der Waals surface area contributed by atoms with Crippen molar-refractivity contribution in [2.24, 2.45) is 5.92 Å². The van der Waals surface area contributed by atoms with Crippen LogP contribution in [-0.4, -0.2) is 49.8 Å². The highest BCUT2D eigenvalue weighted by molar-refractivity contribution is 6.01. The first-order valence-corrected chi connectivity index (χ1v) is 8.17. The van der Waals surface area contributed by atoms with Crippen LogP contribution >= 0.6 is 0 Å². The van der Waals surface area contributed by atoms with Crippen LogP contribution in [0.2, 0.25) is 0 Å². The minimum atomic E-state index is -0.355. The molecule has 1 saturated heterocycles. The molecule has 1 aliphatic rings. The molecule has 3 amide bonds. The molecule has 1 aliphatic heterocycles. The summed E-state index contributed by atoms with van der Waals surface area (Å²) in [6, 6.07) is 5.85. The average Bonchev–Trinajstić information content (AvgIpc) is 2.95. The lowest BCUT2D eigenvalue weighted by molar-refractivity contribution is -0.135. The lowest BCUT2D eigenvalue weighted by Gasteiger charge is -2.22. The topological polar surface area (TPSA) is 69.7 Å². The first kappa shape index (κ1) is 18.0. The Morgan fingerprint density at radius 3 is 2.71 bits per heavy atom. The van der Waals surface area contributed by atoms with Gasteiger partial charge in [0.1, 0.15) is 0 Å². The van der Waals surface area contributed by atoms with Crippen LogP contribution in [0.1, 0.15) is 24.0 Å². The highest BCUT2D eigenvalue weighted by Gasteiger charge is 2.37. The molecule has 1 aromatic carbocycles. The van der Waals surface area contributed by atoms with E-state index in [1.54, 1.807) is 23.9 Å². The summed E-state index contributed by atoms with van der Waals surface area (Å²) < 4.78 is 0. The maximum Gasteiger partial charge on any atom is 0.227 e. The van der Waals surface area contributed by atoms with Crippen molar-refractivity contribution in [3.05, 3.63) is 29.3 Å². The number of rotatable bonds is 5. The van der Waals surface area contributed by atoms with E-state index in [9.17, 15) is 14.4 Å². The first-order chi connectivity index (χ1) is 11.3. The van der Waals surface area contributed by atoms with Crippen LogP contribution in [0.15, 0.2) is 18.2 Å². The standard InChI is InChI=1S/C18H25N3O3/c1-12-6-5-7-15(13(12)2)21-11-14(10-17(21)23)18(24)20(4)9-8-16(22)19-3/h5-7,14H,8-11H2,1-4H3,(H,19,22). The van der Waals surface area contributed by atoms with Crippen molar-refractivity contribution in [2.75, 3.05) is 32.1 Å². The fourth-order valence-electron chi connectivity index (χ4n) is 2.95. The summed E-state index contributed by atoms with van der Waals surface area (Å²) in [7, 11) is 3.25. The Labute approximate surface area is 142 Å². The summed E-state index contributed by atoms with van der Waals surface area (Å²) >= 11 is 0. The predicted octanol–water partition coefficient (Wildman–Crippen LogP) is 1.25. The van der Waals surface area contributed by atoms with Gasteiger partial charge in [-0.1, -0.05) is 12.1 Å². The number of hydrogen-bond acceptors (Lipinski definition) is 3. The zero-order valence-corrected chi connectivity index (χ0v) is 14.8. The molecule has 0 aromatic heterocycles. The van der Waals surface area contributed by atoms with Crippen LogP contribution in [-0.2, 0) is 14.4 Å². The number of aryl methyl sites for hydroxylation is 1. The van der Waals surface area contributed by atoms with Crippen LogP contribution in [0.4, 0.5) is 5.69 Å². The van der Waals surface area contributed by atoms with Gasteiger partial charge in [0.15, 0.2) is 0 Å². The summed E-state index contributed by atoms with van der Waals surface area (Å²) in [6.07, 6.45) is 0.483. The molecule has 1 N–H and O–H groups in total. The molecule has 0 bridgehead atoms. The molecular weight excluding hydrogens is 306 g/mol. The Morgan fingerprint density at radius 2 is 2.04 bits per heavy atom. The number of carbonyl (C=O) groups excluding carboxylic acids is 3. The lowest BCUT2D eigenvalue weighted by atomic mass is 10.1. The van der Waals surface area contributed by atoms with Crippen molar-refractivity contribution >= 4 is 23.4 Å². The van der Waals surface area contributed by atoms with Gasteiger partial charge < -0.3 is 15.1 Å². The molecule has 130 valence electrons. The third-order valence-electron chi connectivity index (χ3n) is 4.67. The Bertz CT molecular complexity index is 657. The third-order valence-corrected chi connectivity index (χ3v) is 4.67. The number of hydrogen-bond donors (Lipinski definition) is 1. The minimum absolute atomic E-state index is 0.0262. The smallest absolute Gasteiger partial charge is 0.227 e. The molecule has 0 radical (unpaired) electrons. The molecule has 24 heavy (non-hydrogen) atoms. The molecule has 1 aromatic rings. The quantitative estimate of drug-likeness (QED) is 0.883. The van der Waals surface area contributed by atoms with Crippen molar-refractivity contribution in [2.45, 2.75) is 26.7 Å². The van der Waals surface area contributed by atoms with Gasteiger partial charge in [0.05, 0.1) is 5.92 Å². The van der Waals surface area contributed by atoms with Crippen molar-refractivity contribution in [3.63, 3.8) is 0 Å². The number of amides is 3. The maximum absolute atomic E-state index is 12.5. The molecule has 0 saturated carbocycles. The Kier molecular flexibility index (Phi) is 5.59. The molecule has 2 rings (SSSR count). The van der Waals surface area contributed by atoms with E-state index in [0.29, 0.717) is 13.1 Å². The Hall–Kier alpha value is -2.37. The highest BCUT2D eigenvalue weighted by Crippen LogP contribution is 2.30. The second-order valence-corrected chi connectivity index (χ2v) is 6.31. The van der Waals surface area contributed by atoms with E-state index in [-0.39, 0.29) is 36.5 Å². The van der Waals surface area contributed by atoms with Crippen LogP contribution in [0.3, 0.4) is 0 Å². The molecule has 0 aliphatic carbocycles. The fourth-order valence-corrected chi connectivity index (χ4v) is 2.95. The zero-order valence-electron chi connectivity index (χ0n) is 14.8. The van der Waals surface area contributed by atoms with Gasteiger partial charge >= 0.3 is 0 Å². The fraction of sp³-hybridized carbons (Fsp3) is 0.500. The van der Waals surface area contributed by atoms with Gasteiger partial charge in [0.2, 0.25) is 17.7 Å². The number of nitrogens with one attached hydrogen (secondary N) is 1. The summed E-state index contributed by atoms with van der Waals surface area (Å²) in [4.78, 5) is 39.5. The number of anilines is 1. The van der Waals surface area contributed by atoms with Gasteiger partial charge in [-0.2, -0.15) is 0 Å². The number of carbonyl (C=O) groups is 3. The Balaban J connectivity index is 2.05. The van der Waals surface area contributed by atoms with E-state index in [2.05, 4.69) is 5.32 Å². The predicted molar refractivity (Wildman–Crippen MR) is 92.7 cm³/mol. The van der Waals surface area contributed by atoms with Gasteiger partial charge in [-0.15, -0.1) is 0 Å². The van der Waals surface area contributed by atoms with Crippen molar-refractivity contribution in [1.29, 1.82) is 0 Å².